The first kappa shape index (κ1) is 16.1. The van der Waals surface area contributed by atoms with Gasteiger partial charge in [0.05, 0.1) is 12.7 Å². The van der Waals surface area contributed by atoms with Crippen LogP contribution in [0.3, 0.4) is 0 Å². The van der Waals surface area contributed by atoms with Crippen molar-refractivity contribution in [3.8, 4) is 5.75 Å². The summed E-state index contributed by atoms with van der Waals surface area (Å²) in [6, 6.07) is 7.55. The van der Waals surface area contributed by atoms with Gasteiger partial charge in [0, 0.05) is 11.9 Å². The molecule has 22 heavy (non-hydrogen) atoms. The maximum atomic E-state index is 13.0. The molecular formula is C16H17F3N2O. The first-order valence-electron chi connectivity index (χ1n) is 6.80. The highest BCUT2D eigenvalue weighted by atomic mass is 19.4. The zero-order chi connectivity index (χ0) is 16.3. The van der Waals surface area contributed by atoms with Gasteiger partial charge in [0.25, 0.3) is 0 Å². The highest BCUT2D eigenvalue weighted by Gasteiger charge is 2.34. The van der Waals surface area contributed by atoms with Crippen molar-refractivity contribution in [3.63, 3.8) is 0 Å². The van der Waals surface area contributed by atoms with E-state index in [-0.39, 0.29) is 11.7 Å². The van der Waals surface area contributed by atoms with Crippen molar-refractivity contribution >= 4 is 11.5 Å². The molecule has 1 heterocycles. The van der Waals surface area contributed by atoms with E-state index in [1.807, 2.05) is 19.9 Å². The van der Waals surface area contributed by atoms with E-state index >= 15 is 0 Å². The van der Waals surface area contributed by atoms with Crippen molar-refractivity contribution in [1.82, 2.24) is 4.98 Å². The predicted octanol–water partition coefficient (Wildman–Crippen LogP) is 4.98. The quantitative estimate of drug-likeness (QED) is 0.865. The average molecular weight is 310 g/mol. The summed E-state index contributed by atoms with van der Waals surface area (Å²) in [7, 11) is 1.22. The molecule has 0 saturated carbocycles. The smallest absolute Gasteiger partial charge is 0.420 e. The van der Waals surface area contributed by atoms with Crippen LogP contribution in [0.5, 0.6) is 5.75 Å². The van der Waals surface area contributed by atoms with Crippen molar-refractivity contribution in [2.75, 3.05) is 12.4 Å². The third kappa shape index (κ3) is 3.50. The molecule has 0 aliphatic rings. The molecule has 0 amide bonds. The van der Waals surface area contributed by atoms with Crippen LogP contribution in [0.2, 0.25) is 0 Å². The van der Waals surface area contributed by atoms with Gasteiger partial charge in [-0.2, -0.15) is 13.2 Å². The van der Waals surface area contributed by atoms with Crippen LogP contribution in [0.25, 0.3) is 0 Å². The minimum Gasteiger partial charge on any atom is -0.496 e. The number of halogens is 3. The Balaban J connectivity index is 2.39. The number of rotatable bonds is 4. The lowest BCUT2D eigenvalue weighted by Crippen LogP contribution is -2.08. The molecule has 0 radical (unpaired) electrons. The van der Waals surface area contributed by atoms with Gasteiger partial charge in [0.2, 0.25) is 0 Å². The molecule has 0 saturated heterocycles. The Bertz CT molecular complexity index is 654. The molecule has 0 bridgehead atoms. The van der Waals surface area contributed by atoms with Crippen molar-refractivity contribution in [1.29, 1.82) is 0 Å². The molecule has 0 atom stereocenters. The lowest BCUT2D eigenvalue weighted by Gasteiger charge is -2.16. The molecule has 2 rings (SSSR count). The van der Waals surface area contributed by atoms with E-state index in [1.54, 1.807) is 12.3 Å². The number of benzene rings is 1. The molecule has 3 nitrogen and oxygen atoms in total. The van der Waals surface area contributed by atoms with E-state index in [2.05, 4.69) is 10.3 Å². The van der Waals surface area contributed by atoms with Gasteiger partial charge >= 0.3 is 6.18 Å². The number of methoxy groups -OCH3 is 1. The number of anilines is 2. The minimum absolute atomic E-state index is 0.205. The van der Waals surface area contributed by atoms with E-state index in [0.29, 0.717) is 11.5 Å². The first-order valence-corrected chi connectivity index (χ1v) is 6.80. The topological polar surface area (TPSA) is 34.1 Å². The second-order valence-electron chi connectivity index (χ2n) is 5.13. The predicted molar refractivity (Wildman–Crippen MR) is 79.6 cm³/mol. The number of ether oxygens (including phenoxy) is 1. The van der Waals surface area contributed by atoms with E-state index in [0.717, 1.165) is 11.6 Å². The molecule has 0 spiro atoms. The second-order valence-corrected chi connectivity index (χ2v) is 5.13. The number of nitrogens with one attached hydrogen (secondary N) is 1. The molecular weight excluding hydrogens is 293 g/mol. The van der Waals surface area contributed by atoms with Crippen molar-refractivity contribution in [2.45, 2.75) is 25.9 Å². The summed E-state index contributed by atoms with van der Waals surface area (Å²) in [5, 5.41) is 2.95. The summed E-state index contributed by atoms with van der Waals surface area (Å²) in [4.78, 5) is 4.21. The van der Waals surface area contributed by atoms with E-state index in [1.165, 1.54) is 19.2 Å². The fourth-order valence-electron chi connectivity index (χ4n) is 2.13. The molecule has 118 valence electrons. The lowest BCUT2D eigenvalue weighted by molar-refractivity contribution is -0.138. The van der Waals surface area contributed by atoms with Gasteiger partial charge < -0.3 is 10.1 Å². The minimum atomic E-state index is -4.48. The van der Waals surface area contributed by atoms with Crippen LogP contribution in [0.1, 0.15) is 30.9 Å². The molecule has 1 aromatic carbocycles. The van der Waals surface area contributed by atoms with Crippen LogP contribution in [0, 0.1) is 0 Å². The molecule has 0 aliphatic carbocycles. The molecule has 0 unspecified atom stereocenters. The molecule has 1 aromatic heterocycles. The van der Waals surface area contributed by atoms with Gasteiger partial charge in [-0.1, -0.05) is 19.9 Å². The van der Waals surface area contributed by atoms with Gasteiger partial charge in [0.15, 0.2) is 0 Å². The zero-order valence-electron chi connectivity index (χ0n) is 12.5. The Hall–Kier alpha value is -2.24. The van der Waals surface area contributed by atoms with Gasteiger partial charge in [-0.25, -0.2) is 4.98 Å². The number of hydrogen-bond acceptors (Lipinski definition) is 3. The van der Waals surface area contributed by atoms with Crippen LogP contribution in [0.4, 0.5) is 24.7 Å². The van der Waals surface area contributed by atoms with Crippen LogP contribution in [-0.2, 0) is 6.18 Å². The molecule has 0 aliphatic heterocycles. The molecule has 6 heteroatoms. The second kappa shape index (κ2) is 6.25. The molecule has 2 aromatic rings. The fourth-order valence-corrected chi connectivity index (χ4v) is 2.13. The van der Waals surface area contributed by atoms with E-state index < -0.39 is 11.7 Å². The summed E-state index contributed by atoms with van der Waals surface area (Å²) in [5.74, 6) is 0.551. The lowest BCUT2D eigenvalue weighted by atomic mass is 10.0. The standard InChI is InChI=1S/C16H17F3N2O/c1-10(2)12-5-4-8-20-15(12)21-11-6-7-14(22-3)13(9-11)16(17,18)19/h4-10H,1-3H3,(H,20,21). The largest absolute Gasteiger partial charge is 0.496 e. The summed E-state index contributed by atoms with van der Waals surface area (Å²) in [5.41, 5.74) is 0.433. The van der Waals surface area contributed by atoms with Crippen LogP contribution < -0.4 is 10.1 Å². The highest BCUT2D eigenvalue weighted by molar-refractivity contribution is 5.62. The number of aromatic nitrogens is 1. The normalized spacial score (nSPS) is 11.6. The maximum Gasteiger partial charge on any atom is 0.420 e. The Morgan fingerprint density at radius 1 is 1.18 bits per heavy atom. The summed E-state index contributed by atoms with van der Waals surface area (Å²) in [6.45, 7) is 3.99. The third-order valence-corrected chi connectivity index (χ3v) is 3.23. The van der Waals surface area contributed by atoms with Gasteiger partial charge in [-0.15, -0.1) is 0 Å². The van der Waals surface area contributed by atoms with Crippen LogP contribution in [-0.4, -0.2) is 12.1 Å². The Morgan fingerprint density at radius 3 is 2.50 bits per heavy atom. The Morgan fingerprint density at radius 2 is 1.91 bits per heavy atom. The highest BCUT2D eigenvalue weighted by Crippen LogP contribution is 2.38. The van der Waals surface area contributed by atoms with Crippen LogP contribution in [0.15, 0.2) is 36.5 Å². The van der Waals surface area contributed by atoms with Gasteiger partial charge in [0.1, 0.15) is 11.6 Å². The summed E-state index contributed by atoms with van der Waals surface area (Å²) in [6.07, 6.45) is -2.88. The third-order valence-electron chi connectivity index (χ3n) is 3.23. The monoisotopic (exact) mass is 310 g/mol. The molecule has 0 fully saturated rings. The van der Waals surface area contributed by atoms with Gasteiger partial charge in [-0.05, 0) is 35.7 Å². The molecule has 1 N–H and O–H groups in total. The fraction of sp³-hybridized carbons (Fsp3) is 0.312. The SMILES string of the molecule is COc1ccc(Nc2ncccc2C(C)C)cc1C(F)(F)F. The van der Waals surface area contributed by atoms with Gasteiger partial charge in [-0.3, -0.25) is 0 Å². The average Bonchev–Trinajstić information content (AvgIpc) is 2.46. The number of nitrogens with zero attached hydrogens (tertiary/aromatic N) is 1. The summed E-state index contributed by atoms with van der Waals surface area (Å²) >= 11 is 0. The Labute approximate surface area is 127 Å². The van der Waals surface area contributed by atoms with E-state index in [9.17, 15) is 13.2 Å². The number of pyridine rings is 1. The van der Waals surface area contributed by atoms with E-state index in [4.69, 9.17) is 4.74 Å². The maximum absolute atomic E-state index is 13.0. The Kier molecular flexibility index (Phi) is 4.59. The van der Waals surface area contributed by atoms with Crippen molar-refractivity contribution in [3.05, 3.63) is 47.7 Å². The summed E-state index contributed by atoms with van der Waals surface area (Å²) < 4.78 is 43.9. The zero-order valence-corrected chi connectivity index (χ0v) is 12.5. The number of alkyl halides is 3. The van der Waals surface area contributed by atoms with Crippen molar-refractivity contribution < 1.29 is 17.9 Å². The first-order chi connectivity index (χ1) is 10.3. The van der Waals surface area contributed by atoms with Crippen LogP contribution >= 0.6 is 0 Å². The number of hydrogen-bond donors (Lipinski definition) is 1. The van der Waals surface area contributed by atoms with Crippen molar-refractivity contribution in [2.24, 2.45) is 0 Å².